The third-order valence-electron chi connectivity index (χ3n) is 4.98. The molecule has 142 valence electrons. The summed E-state index contributed by atoms with van der Waals surface area (Å²) in [5.41, 5.74) is 3.91. The first-order valence-corrected chi connectivity index (χ1v) is 9.48. The molecular weight excluding hydrogens is 338 g/mol. The number of rotatable bonds is 3. The van der Waals surface area contributed by atoms with Gasteiger partial charge in [-0.25, -0.2) is 4.79 Å². The van der Waals surface area contributed by atoms with E-state index in [4.69, 9.17) is 0 Å². The van der Waals surface area contributed by atoms with Gasteiger partial charge in [-0.1, -0.05) is 48.0 Å². The molecule has 5 nitrogen and oxygen atoms in total. The Balaban J connectivity index is 1.57. The minimum Gasteiger partial charge on any atom is -0.337 e. The fraction of sp³-hybridized carbons (Fsp3) is 0.364. The maximum absolute atomic E-state index is 12.9. The van der Waals surface area contributed by atoms with Crippen molar-refractivity contribution >= 4 is 11.9 Å². The normalized spacial score (nSPS) is 14.6. The van der Waals surface area contributed by atoms with Crippen LogP contribution >= 0.6 is 0 Å². The van der Waals surface area contributed by atoms with Gasteiger partial charge < -0.3 is 15.1 Å². The maximum atomic E-state index is 12.9. The average Bonchev–Trinajstić information content (AvgIpc) is 2.94. The van der Waals surface area contributed by atoms with Gasteiger partial charge in [0.15, 0.2) is 0 Å². The molecule has 1 heterocycles. The summed E-state index contributed by atoms with van der Waals surface area (Å²) in [7, 11) is 0. The molecule has 2 aromatic rings. The molecule has 2 aromatic carbocycles. The summed E-state index contributed by atoms with van der Waals surface area (Å²) in [5.74, 6) is 0.0581. The fourth-order valence-corrected chi connectivity index (χ4v) is 3.35. The predicted molar refractivity (Wildman–Crippen MR) is 107 cm³/mol. The van der Waals surface area contributed by atoms with E-state index in [0.29, 0.717) is 32.7 Å². The molecule has 0 bridgehead atoms. The molecular formula is C22H27N3O2. The monoisotopic (exact) mass is 365 g/mol. The van der Waals surface area contributed by atoms with Gasteiger partial charge in [0.25, 0.3) is 5.91 Å². The van der Waals surface area contributed by atoms with Crippen molar-refractivity contribution in [3.8, 4) is 0 Å². The van der Waals surface area contributed by atoms with Gasteiger partial charge in [-0.2, -0.15) is 0 Å². The Labute approximate surface area is 161 Å². The highest BCUT2D eigenvalue weighted by Gasteiger charge is 2.23. The number of benzene rings is 2. The third-order valence-corrected chi connectivity index (χ3v) is 4.98. The summed E-state index contributed by atoms with van der Waals surface area (Å²) in [6, 6.07) is 15.8. The minimum absolute atomic E-state index is 0.0581. The molecule has 1 aliphatic rings. The van der Waals surface area contributed by atoms with Gasteiger partial charge in [0.05, 0.1) is 0 Å². The summed E-state index contributed by atoms with van der Waals surface area (Å²) in [6.07, 6.45) is 0.787. The smallest absolute Gasteiger partial charge is 0.317 e. The van der Waals surface area contributed by atoms with E-state index in [1.807, 2.05) is 67.3 Å². The van der Waals surface area contributed by atoms with Crippen LogP contribution in [-0.2, 0) is 6.54 Å². The largest absolute Gasteiger partial charge is 0.337 e. The summed E-state index contributed by atoms with van der Waals surface area (Å²) in [5, 5.41) is 2.97. The number of hydrogen-bond acceptors (Lipinski definition) is 2. The number of nitrogens with zero attached hydrogens (tertiary/aromatic N) is 2. The Morgan fingerprint density at radius 2 is 1.63 bits per heavy atom. The molecule has 0 saturated carbocycles. The average molecular weight is 365 g/mol. The fourth-order valence-electron chi connectivity index (χ4n) is 3.35. The second kappa shape index (κ2) is 8.71. The first-order valence-electron chi connectivity index (χ1n) is 9.48. The number of aryl methyl sites for hydroxylation is 2. The molecule has 0 aliphatic carbocycles. The molecule has 0 radical (unpaired) electrons. The zero-order chi connectivity index (χ0) is 19.2. The number of nitrogens with one attached hydrogen (secondary N) is 1. The lowest BCUT2D eigenvalue weighted by atomic mass is 10.0. The topological polar surface area (TPSA) is 52.7 Å². The number of amides is 3. The summed E-state index contributed by atoms with van der Waals surface area (Å²) in [6.45, 7) is 6.93. The zero-order valence-electron chi connectivity index (χ0n) is 16.1. The second-order valence-corrected chi connectivity index (χ2v) is 7.10. The predicted octanol–water partition coefficient (Wildman–Crippen LogP) is 3.36. The second-order valence-electron chi connectivity index (χ2n) is 7.10. The van der Waals surface area contributed by atoms with Gasteiger partial charge in [0.1, 0.15) is 0 Å². The highest BCUT2D eigenvalue weighted by atomic mass is 16.2. The van der Waals surface area contributed by atoms with Crippen molar-refractivity contribution in [3.63, 3.8) is 0 Å². The van der Waals surface area contributed by atoms with Crippen molar-refractivity contribution in [2.24, 2.45) is 0 Å². The van der Waals surface area contributed by atoms with E-state index >= 15 is 0 Å². The van der Waals surface area contributed by atoms with Crippen LogP contribution in [0.25, 0.3) is 0 Å². The van der Waals surface area contributed by atoms with Crippen molar-refractivity contribution in [1.29, 1.82) is 0 Å². The summed E-state index contributed by atoms with van der Waals surface area (Å²) >= 11 is 0. The Morgan fingerprint density at radius 1 is 0.926 bits per heavy atom. The van der Waals surface area contributed by atoms with Gasteiger partial charge in [-0.15, -0.1) is 0 Å². The van der Waals surface area contributed by atoms with Gasteiger partial charge in [-0.05, 0) is 37.5 Å². The lowest BCUT2D eigenvalue weighted by Crippen LogP contribution is -2.42. The van der Waals surface area contributed by atoms with E-state index in [1.54, 1.807) is 4.90 Å². The van der Waals surface area contributed by atoms with Gasteiger partial charge in [0.2, 0.25) is 0 Å². The van der Waals surface area contributed by atoms with Crippen molar-refractivity contribution in [2.75, 3.05) is 26.2 Å². The summed E-state index contributed by atoms with van der Waals surface area (Å²) in [4.78, 5) is 29.1. The van der Waals surface area contributed by atoms with Crippen LogP contribution in [0.3, 0.4) is 0 Å². The highest BCUT2D eigenvalue weighted by Crippen LogP contribution is 2.15. The Bertz CT molecular complexity index is 804. The van der Waals surface area contributed by atoms with E-state index < -0.39 is 0 Å². The van der Waals surface area contributed by atoms with E-state index in [0.717, 1.165) is 28.7 Å². The van der Waals surface area contributed by atoms with Crippen molar-refractivity contribution in [1.82, 2.24) is 15.1 Å². The first kappa shape index (κ1) is 19.0. The van der Waals surface area contributed by atoms with Crippen LogP contribution in [0.1, 0.15) is 33.5 Å². The third kappa shape index (κ3) is 4.88. The highest BCUT2D eigenvalue weighted by molar-refractivity contribution is 5.96. The molecule has 0 unspecified atom stereocenters. The maximum Gasteiger partial charge on any atom is 0.317 e. The lowest BCUT2D eigenvalue weighted by Gasteiger charge is -2.23. The molecule has 27 heavy (non-hydrogen) atoms. The van der Waals surface area contributed by atoms with Crippen LogP contribution in [0.5, 0.6) is 0 Å². The Morgan fingerprint density at radius 3 is 2.41 bits per heavy atom. The van der Waals surface area contributed by atoms with E-state index in [9.17, 15) is 9.59 Å². The Hall–Kier alpha value is -2.82. The van der Waals surface area contributed by atoms with Crippen LogP contribution in [0.15, 0.2) is 48.5 Å². The Kier molecular flexibility index (Phi) is 6.12. The van der Waals surface area contributed by atoms with Crippen LogP contribution in [0.2, 0.25) is 0 Å². The molecule has 0 aromatic heterocycles. The first-order chi connectivity index (χ1) is 13.0. The van der Waals surface area contributed by atoms with Gasteiger partial charge >= 0.3 is 6.03 Å². The lowest BCUT2D eigenvalue weighted by molar-refractivity contribution is 0.0761. The molecule has 1 saturated heterocycles. The number of carbonyl (C=O) groups excluding carboxylic acids is 2. The molecule has 3 rings (SSSR count). The zero-order valence-corrected chi connectivity index (χ0v) is 16.1. The molecule has 0 atom stereocenters. The molecule has 3 amide bonds. The number of hydrogen-bond donors (Lipinski definition) is 1. The quantitative estimate of drug-likeness (QED) is 0.907. The van der Waals surface area contributed by atoms with Gasteiger partial charge in [-0.3, -0.25) is 4.79 Å². The SMILES string of the molecule is Cc1ccc(C)c(C(=O)N2CCCN(C(=O)NCc3ccccc3)CC2)c1. The van der Waals surface area contributed by atoms with Crippen molar-refractivity contribution in [3.05, 3.63) is 70.8 Å². The van der Waals surface area contributed by atoms with E-state index in [2.05, 4.69) is 5.32 Å². The molecule has 5 heteroatoms. The molecule has 1 aliphatic heterocycles. The summed E-state index contributed by atoms with van der Waals surface area (Å²) < 4.78 is 0. The molecule has 1 fully saturated rings. The van der Waals surface area contributed by atoms with Crippen LogP contribution in [0.4, 0.5) is 4.79 Å². The van der Waals surface area contributed by atoms with Gasteiger partial charge in [0, 0.05) is 38.3 Å². The van der Waals surface area contributed by atoms with E-state index in [1.165, 1.54) is 0 Å². The van der Waals surface area contributed by atoms with Crippen LogP contribution < -0.4 is 5.32 Å². The van der Waals surface area contributed by atoms with Crippen molar-refractivity contribution < 1.29 is 9.59 Å². The van der Waals surface area contributed by atoms with E-state index in [-0.39, 0.29) is 11.9 Å². The molecule has 1 N–H and O–H groups in total. The standard InChI is InChI=1S/C22H27N3O2/c1-17-9-10-18(2)20(15-17)21(26)24-11-6-12-25(14-13-24)22(27)23-16-19-7-4-3-5-8-19/h3-5,7-10,15H,6,11-14,16H2,1-2H3,(H,23,27). The molecule has 0 spiro atoms. The number of carbonyl (C=O) groups is 2. The minimum atomic E-state index is -0.0695. The van der Waals surface area contributed by atoms with Crippen LogP contribution in [0, 0.1) is 13.8 Å². The number of urea groups is 1. The van der Waals surface area contributed by atoms with Crippen molar-refractivity contribution in [2.45, 2.75) is 26.8 Å². The van der Waals surface area contributed by atoms with Crippen LogP contribution in [-0.4, -0.2) is 47.9 Å².